The van der Waals surface area contributed by atoms with E-state index in [1.54, 1.807) is 6.92 Å². The molecule has 6 heavy (non-hydrogen) atoms. The Bertz CT molecular complexity index is 8.75. The minimum Gasteiger partial charge on any atom is -0.400 e. The van der Waals surface area contributed by atoms with Crippen molar-refractivity contribution in [1.82, 2.24) is 0 Å². The van der Waals surface area contributed by atoms with E-state index < -0.39 is 0 Å². The minimum absolute atomic E-state index is 0. The molecule has 0 aliphatic heterocycles. The van der Waals surface area contributed by atoms with Crippen molar-refractivity contribution in [1.29, 1.82) is 0 Å². The average molecular weight is 137 g/mol. The summed E-state index contributed by atoms with van der Waals surface area (Å²) < 4.78 is 0. The fraction of sp³-hybridized carbons (Fsp3) is 1.00. The van der Waals surface area contributed by atoms with Crippen LogP contribution < -0.4 is 0 Å². The van der Waals surface area contributed by atoms with E-state index in [9.17, 15) is 0 Å². The first-order chi connectivity index (χ1) is 2.41. The molecule has 1 radical (unpaired) electrons. The fourth-order valence-corrected chi connectivity index (χ4v) is 0. The molecule has 0 aromatic heterocycles. The smallest absolute Gasteiger partial charge is 0.0402 e. The molecule has 0 aliphatic carbocycles. The second-order valence-corrected chi connectivity index (χ2v) is 0.316. The van der Waals surface area contributed by atoms with Gasteiger partial charge in [0.1, 0.15) is 0 Å². The first-order valence-corrected chi connectivity index (χ1v) is 1.47. The Morgan fingerprint density at radius 3 is 1.33 bits per heavy atom. The van der Waals surface area contributed by atoms with E-state index in [0.29, 0.717) is 0 Å². The summed E-state index contributed by atoms with van der Waals surface area (Å²) in [5.41, 5.74) is 0. The van der Waals surface area contributed by atoms with E-state index in [2.05, 4.69) is 0 Å². The summed E-state index contributed by atoms with van der Waals surface area (Å²) in [4.78, 5) is 0. The molecule has 0 atom stereocenters. The average Bonchev–Trinajstić information content (AvgIpc) is 1.46. The standard InChI is InChI=1S/C2H6O.CH4O.Co/c1-2-3;1-2;/h3H,2H2,1H3;2H,1H3;. The maximum atomic E-state index is 7.57. The van der Waals surface area contributed by atoms with Crippen LogP contribution in [-0.4, -0.2) is 23.9 Å². The summed E-state index contributed by atoms with van der Waals surface area (Å²) in [7, 11) is 1.00. The molecule has 2 N–H and O–H groups in total. The van der Waals surface area contributed by atoms with E-state index in [1.165, 1.54) is 0 Å². The SMILES string of the molecule is CCO.CO.[Co]. The molecule has 0 amide bonds. The number of aliphatic hydroxyl groups is 2. The van der Waals surface area contributed by atoms with Gasteiger partial charge in [0.25, 0.3) is 0 Å². The van der Waals surface area contributed by atoms with Crippen molar-refractivity contribution in [2.45, 2.75) is 6.92 Å². The van der Waals surface area contributed by atoms with Crippen LogP contribution in [0.5, 0.6) is 0 Å². The van der Waals surface area contributed by atoms with E-state index in [0.717, 1.165) is 7.11 Å². The predicted molar refractivity (Wildman–Crippen MR) is 20.9 cm³/mol. The van der Waals surface area contributed by atoms with E-state index >= 15 is 0 Å². The Morgan fingerprint density at radius 1 is 1.33 bits per heavy atom. The van der Waals surface area contributed by atoms with Gasteiger partial charge < -0.3 is 10.2 Å². The molecule has 43 valence electrons. The Hall–Kier alpha value is 0.426. The third kappa shape index (κ3) is 286. The predicted octanol–water partition coefficient (Wildman–Crippen LogP) is -0.395. The maximum absolute atomic E-state index is 7.57. The molecular formula is C3H10CoO2. The van der Waals surface area contributed by atoms with Crippen LogP contribution in [0.25, 0.3) is 0 Å². The van der Waals surface area contributed by atoms with Gasteiger partial charge in [-0.15, -0.1) is 0 Å². The third-order valence-electron chi connectivity index (χ3n) is 0. The number of hydrogen-bond donors (Lipinski definition) is 2. The van der Waals surface area contributed by atoms with Gasteiger partial charge in [-0.1, -0.05) is 0 Å². The zero-order valence-electron chi connectivity index (χ0n) is 3.93. The first kappa shape index (κ1) is 16.1. The van der Waals surface area contributed by atoms with Crippen LogP contribution in [0.1, 0.15) is 6.92 Å². The van der Waals surface area contributed by atoms with Crippen molar-refractivity contribution >= 4 is 0 Å². The molecule has 3 heteroatoms. The van der Waals surface area contributed by atoms with Gasteiger partial charge in [0.15, 0.2) is 0 Å². The van der Waals surface area contributed by atoms with Crippen LogP contribution in [0.2, 0.25) is 0 Å². The topological polar surface area (TPSA) is 40.5 Å². The van der Waals surface area contributed by atoms with Gasteiger partial charge in [-0.2, -0.15) is 0 Å². The van der Waals surface area contributed by atoms with Gasteiger partial charge in [0.05, 0.1) is 0 Å². The normalized spacial score (nSPS) is 4.00. The van der Waals surface area contributed by atoms with Crippen LogP contribution in [0.4, 0.5) is 0 Å². The van der Waals surface area contributed by atoms with Crippen molar-refractivity contribution in [3.8, 4) is 0 Å². The molecule has 2 nitrogen and oxygen atoms in total. The quantitative estimate of drug-likeness (QED) is 0.477. The van der Waals surface area contributed by atoms with Crippen LogP contribution in [-0.2, 0) is 16.8 Å². The van der Waals surface area contributed by atoms with Crippen LogP contribution in [0.15, 0.2) is 0 Å². The maximum Gasteiger partial charge on any atom is 0.0402 e. The molecule has 0 heterocycles. The number of rotatable bonds is 0. The van der Waals surface area contributed by atoms with Crippen molar-refractivity contribution in [2.24, 2.45) is 0 Å². The third-order valence-corrected chi connectivity index (χ3v) is 0. The summed E-state index contributed by atoms with van der Waals surface area (Å²) in [6, 6.07) is 0. The molecule has 0 saturated heterocycles. The Balaban J connectivity index is -0.0000000275. The van der Waals surface area contributed by atoms with Gasteiger partial charge in [-0.25, -0.2) is 0 Å². The van der Waals surface area contributed by atoms with Crippen molar-refractivity contribution in [3.05, 3.63) is 0 Å². The summed E-state index contributed by atoms with van der Waals surface area (Å²) in [6.07, 6.45) is 0. The fourth-order valence-electron chi connectivity index (χ4n) is 0. The monoisotopic (exact) mass is 137 g/mol. The molecular weight excluding hydrogens is 127 g/mol. The number of hydrogen-bond acceptors (Lipinski definition) is 2. The van der Waals surface area contributed by atoms with Gasteiger partial charge in [0, 0.05) is 30.5 Å². The molecule has 0 aromatic rings. The molecule has 0 spiro atoms. The molecule has 0 bridgehead atoms. The molecule has 0 rings (SSSR count). The van der Waals surface area contributed by atoms with E-state index in [4.69, 9.17) is 10.2 Å². The Labute approximate surface area is 48.4 Å². The van der Waals surface area contributed by atoms with Crippen molar-refractivity contribution < 1.29 is 27.0 Å². The van der Waals surface area contributed by atoms with Gasteiger partial charge >= 0.3 is 0 Å². The van der Waals surface area contributed by atoms with Gasteiger partial charge in [0.2, 0.25) is 0 Å². The Kier molecular flexibility index (Phi) is 140. The first-order valence-electron chi connectivity index (χ1n) is 1.47. The molecule has 0 aromatic carbocycles. The molecule has 0 fully saturated rings. The minimum atomic E-state index is 0. The summed E-state index contributed by atoms with van der Waals surface area (Å²) >= 11 is 0. The molecule has 0 saturated carbocycles. The van der Waals surface area contributed by atoms with Gasteiger partial charge in [-0.3, -0.25) is 0 Å². The van der Waals surface area contributed by atoms with E-state index in [-0.39, 0.29) is 23.4 Å². The van der Waals surface area contributed by atoms with Crippen LogP contribution >= 0.6 is 0 Å². The zero-order valence-corrected chi connectivity index (χ0v) is 4.98. The molecule has 0 aliphatic rings. The Morgan fingerprint density at radius 2 is 1.33 bits per heavy atom. The largest absolute Gasteiger partial charge is 0.400 e. The second kappa shape index (κ2) is 52.3. The summed E-state index contributed by atoms with van der Waals surface area (Å²) in [5.74, 6) is 0. The summed E-state index contributed by atoms with van der Waals surface area (Å²) in [6.45, 7) is 1.93. The van der Waals surface area contributed by atoms with Crippen molar-refractivity contribution in [3.63, 3.8) is 0 Å². The van der Waals surface area contributed by atoms with Crippen LogP contribution in [0, 0.1) is 0 Å². The van der Waals surface area contributed by atoms with Crippen molar-refractivity contribution in [2.75, 3.05) is 13.7 Å². The zero-order chi connectivity index (χ0) is 4.71. The number of aliphatic hydroxyl groups excluding tert-OH is 2. The van der Waals surface area contributed by atoms with E-state index in [1.807, 2.05) is 0 Å². The second-order valence-electron chi connectivity index (χ2n) is 0.316. The molecule has 0 unspecified atom stereocenters. The summed E-state index contributed by atoms with van der Waals surface area (Å²) in [5, 5.41) is 14.6. The van der Waals surface area contributed by atoms with Crippen LogP contribution in [0.3, 0.4) is 0 Å². The van der Waals surface area contributed by atoms with Gasteiger partial charge in [-0.05, 0) is 6.92 Å².